The third kappa shape index (κ3) is 2.69. The zero-order valence-corrected chi connectivity index (χ0v) is 10.2. The summed E-state index contributed by atoms with van der Waals surface area (Å²) in [5, 5.41) is 13.3. The number of carbonyl (C=O) groups is 1. The molecule has 1 heterocycles. The van der Waals surface area contributed by atoms with E-state index in [0.717, 1.165) is 11.3 Å². The van der Waals surface area contributed by atoms with E-state index in [4.69, 9.17) is 22.4 Å². The molecule has 0 saturated carbocycles. The monoisotopic (exact) mass is 265 g/mol. The van der Waals surface area contributed by atoms with Gasteiger partial charge in [-0.2, -0.15) is 5.10 Å². The summed E-state index contributed by atoms with van der Waals surface area (Å²) in [4.78, 5) is 10.7. The Balaban J connectivity index is 2.23. The van der Waals surface area contributed by atoms with Crippen LogP contribution < -0.4 is 5.73 Å². The maximum atomic E-state index is 10.7. The van der Waals surface area contributed by atoms with Crippen molar-refractivity contribution >= 4 is 17.6 Å². The molecule has 6 heteroatoms. The Morgan fingerprint density at radius 3 is 2.89 bits per heavy atom. The van der Waals surface area contributed by atoms with Crippen molar-refractivity contribution in [1.29, 1.82) is 0 Å². The minimum atomic E-state index is -1.03. The van der Waals surface area contributed by atoms with Crippen molar-refractivity contribution in [3.05, 3.63) is 47.2 Å². The number of aromatic nitrogens is 2. The summed E-state index contributed by atoms with van der Waals surface area (Å²) in [7, 11) is 0. The molecule has 0 aliphatic heterocycles. The van der Waals surface area contributed by atoms with Gasteiger partial charge in [0.25, 0.3) is 0 Å². The van der Waals surface area contributed by atoms with Gasteiger partial charge < -0.3 is 10.8 Å². The summed E-state index contributed by atoms with van der Waals surface area (Å²) >= 11 is 6.13. The van der Waals surface area contributed by atoms with Crippen molar-refractivity contribution in [3.8, 4) is 5.69 Å². The predicted molar refractivity (Wildman–Crippen MR) is 67.9 cm³/mol. The lowest BCUT2D eigenvalue weighted by molar-refractivity contribution is -0.138. The molecule has 0 fully saturated rings. The van der Waals surface area contributed by atoms with E-state index in [2.05, 4.69) is 5.10 Å². The lowest BCUT2D eigenvalue weighted by atomic mass is 10.1. The number of benzene rings is 1. The molecule has 1 unspecified atom stereocenters. The third-order valence-corrected chi connectivity index (χ3v) is 2.84. The van der Waals surface area contributed by atoms with Crippen molar-refractivity contribution < 1.29 is 9.90 Å². The zero-order valence-electron chi connectivity index (χ0n) is 9.45. The average Bonchev–Trinajstić information content (AvgIpc) is 2.82. The quantitative estimate of drug-likeness (QED) is 0.877. The summed E-state index contributed by atoms with van der Waals surface area (Å²) in [5.74, 6) is -1.03. The van der Waals surface area contributed by atoms with E-state index in [1.807, 2.05) is 0 Å². The van der Waals surface area contributed by atoms with Gasteiger partial charge in [-0.05, 0) is 30.2 Å². The molecular formula is C12H12ClN3O2. The van der Waals surface area contributed by atoms with E-state index in [1.54, 1.807) is 41.3 Å². The van der Waals surface area contributed by atoms with E-state index in [1.165, 1.54) is 0 Å². The molecule has 1 atom stereocenters. The van der Waals surface area contributed by atoms with E-state index in [9.17, 15) is 4.79 Å². The van der Waals surface area contributed by atoms with Gasteiger partial charge in [0.05, 0.1) is 10.7 Å². The molecule has 0 radical (unpaired) electrons. The van der Waals surface area contributed by atoms with Crippen LogP contribution in [0.25, 0.3) is 5.69 Å². The minimum absolute atomic E-state index is 0.244. The van der Waals surface area contributed by atoms with Gasteiger partial charge in [0.1, 0.15) is 6.04 Å². The highest BCUT2D eigenvalue weighted by Gasteiger charge is 2.13. The Kier molecular flexibility index (Phi) is 3.64. The van der Waals surface area contributed by atoms with E-state index in [-0.39, 0.29) is 6.42 Å². The predicted octanol–water partition coefficient (Wildman–Crippen LogP) is 1.48. The Bertz CT molecular complexity index is 554. The molecular weight excluding hydrogens is 254 g/mol. The molecule has 0 saturated heterocycles. The van der Waals surface area contributed by atoms with Crippen LogP contribution in [-0.4, -0.2) is 26.9 Å². The largest absolute Gasteiger partial charge is 0.480 e. The molecule has 0 aliphatic carbocycles. The van der Waals surface area contributed by atoms with Crippen molar-refractivity contribution in [3.63, 3.8) is 0 Å². The second-order valence-corrected chi connectivity index (χ2v) is 4.29. The minimum Gasteiger partial charge on any atom is -0.480 e. The first kappa shape index (κ1) is 12.6. The molecule has 0 amide bonds. The number of aliphatic carboxylic acids is 1. The van der Waals surface area contributed by atoms with E-state index < -0.39 is 12.0 Å². The van der Waals surface area contributed by atoms with E-state index in [0.29, 0.717) is 5.02 Å². The lowest BCUT2D eigenvalue weighted by Gasteiger charge is -2.09. The lowest BCUT2D eigenvalue weighted by Crippen LogP contribution is -2.32. The number of hydrogen-bond acceptors (Lipinski definition) is 3. The Hall–Kier alpha value is -1.85. The summed E-state index contributed by atoms with van der Waals surface area (Å²) in [6.07, 6.45) is 3.68. The second kappa shape index (κ2) is 5.20. The number of carboxylic acid groups (broad SMARTS) is 1. The van der Waals surface area contributed by atoms with Crippen molar-refractivity contribution in [2.75, 3.05) is 0 Å². The van der Waals surface area contributed by atoms with Crippen LogP contribution in [0, 0.1) is 0 Å². The number of rotatable bonds is 4. The molecule has 1 aromatic carbocycles. The number of halogens is 1. The van der Waals surface area contributed by atoms with Crippen LogP contribution in [0.15, 0.2) is 36.7 Å². The molecule has 2 rings (SSSR count). The molecule has 18 heavy (non-hydrogen) atoms. The smallest absolute Gasteiger partial charge is 0.320 e. The van der Waals surface area contributed by atoms with Crippen molar-refractivity contribution in [2.45, 2.75) is 12.5 Å². The number of nitrogens with two attached hydrogens (primary N) is 1. The molecule has 3 N–H and O–H groups in total. The van der Waals surface area contributed by atoms with Crippen LogP contribution in [-0.2, 0) is 11.2 Å². The zero-order chi connectivity index (χ0) is 13.1. The van der Waals surface area contributed by atoms with Crippen LogP contribution in [0.2, 0.25) is 5.02 Å². The first-order valence-corrected chi connectivity index (χ1v) is 5.72. The van der Waals surface area contributed by atoms with Gasteiger partial charge in [0.15, 0.2) is 0 Å². The SMILES string of the molecule is NC(Cc1ccc(-n2cccn2)c(Cl)c1)C(=O)O. The van der Waals surface area contributed by atoms with Gasteiger partial charge in [-0.25, -0.2) is 4.68 Å². The summed E-state index contributed by atoms with van der Waals surface area (Å²) in [5.41, 5.74) is 7.00. The molecule has 94 valence electrons. The Morgan fingerprint density at radius 2 is 2.33 bits per heavy atom. The van der Waals surface area contributed by atoms with Crippen LogP contribution in [0.4, 0.5) is 0 Å². The molecule has 5 nitrogen and oxygen atoms in total. The number of nitrogens with zero attached hydrogens (tertiary/aromatic N) is 2. The fraction of sp³-hybridized carbons (Fsp3) is 0.167. The van der Waals surface area contributed by atoms with Gasteiger partial charge in [-0.3, -0.25) is 4.79 Å². The summed E-state index contributed by atoms with van der Waals surface area (Å²) in [6.45, 7) is 0. The molecule has 0 spiro atoms. The molecule has 0 bridgehead atoms. The second-order valence-electron chi connectivity index (χ2n) is 3.89. The topological polar surface area (TPSA) is 81.1 Å². The normalized spacial score (nSPS) is 12.3. The van der Waals surface area contributed by atoms with Gasteiger partial charge in [-0.15, -0.1) is 0 Å². The van der Waals surface area contributed by atoms with Crippen LogP contribution in [0.3, 0.4) is 0 Å². The first-order valence-electron chi connectivity index (χ1n) is 5.35. The summed E-state index contributed by atoms with van der Waals surface area (Å²) in [6, 6.07) is 6.17. The standard InChI is InChI=1S/C12H12ClN3O2/c13-9-6-8(7-10(14)12(17)18)2-3-11(9)16-5-1-4-15-16/h1-6,10H,7,14H2,(H,17,18). The first-order chi connectivity index (χ1) is 8.58. The molecule has 0 aliphatic rings. The van der Waals surface area contributed by atoms with Crippen LogP contribution in [0.1, 0.15) is 5.56 Å². The summed E-state index contributed by atoms with van der Waals surface area (Å²) < 4.78 is 1.64. The highest BCUT2D eigenvalue weighted by atomic mass is 35.5. The highest BCUT2D eigenvalue weighted by Crippen LogP contribution is 2.21. The maximum absolute atomic E-state index is 10.7. The third-order valence-electron chi connectivity index (χ3n) is 2.54. The van der Waals surface area contributed by atoms with Crippen LogP contribution in [0.5, 0.6) is 0 Å². The van der Waals surface area contributed by atoms with Crippen molar-refractivity contribution in [1.82, 2.24) is 9.78 Å². The van der Waals surface area contributed by atoms with Crippen molar-refractivity contribution in [2.24, 2.45) is 5.73 Å². The van der Waals surface area contributed by atoms with Crippen LogP contribution >= 0.6 is 11.6 Å². The fourth-order valence-corrected chi connectivity index (χ4v) is 1.91. The maximum Gasteiger partial charge on any atom is 0.320 e. The number of hydrogen-bond donors (Lipinski definition) is 2. The van der Waals surface area contributed by atoms with Gasteiger partial charge >= 0.3 is 5.97 Å². The van der Waals surface area contributed by atoms with Gasteiger partial charge in [0, 0.05) is 12.4 Å². The Morgan fingerprint density at radius 1 is 1.56 bits per heavy atom. The highest BCUT2D eigenvalue weighted by molar-refractivity contribution is 6.32. The van der Waals surface area contributed by atoms with E-state index >= 15 is 0 Å². The molecule has 2 aromatic rings. The molecule has 1 aromatic heterocycles. The Labute approximate surface area is 109 Å². The average molecular weight is 266 g/mol. The number of carboxylic acids is 1. The fourth-order valence-electron chi connectivity index (χ4n) is 1.62. The van der Waals surface area contributed by atoms with Gasteiger partial charge in [-0.1, -0.05) is 17.7 Å². The van der Waals surface area contributed by atoms with Gasteiger partial charge in [0.2, 0.25) is 0 Å².